The van der Waals surface area contributed by atoms with Crippen molar-refractivity contribution in [2.24, 2.45) is 0 Å². The second-order valence-electron chi connectivity index (χ2n) is 13.6. The van der Waals surface area contributed by atoms with Crippen LogP contribution in [0.15, 0.2) is 12.2 Å². The maximum atomic E-state index is 12.4. The fraction of sp³-hybridized carbons (Fsp3) is 0.897. The van der Waals surface area contributed by atoms with Gasteiger partial charge in [-0.2, -0.15) is 0 Å². The molecule has 48 heavy (non-hydrogen) atoms. The fourth-order valence-electron chi connectivity index (χ4n) is 5.78. The highest BCUT2D eigenvalue weighted by Crippen LogP contribution is 2.36. The van der Waals surface area contributed by atoms with E-state index < -0.39 is 32.5 Å². The highest BCUT2D eigenvalue weighted by Gasteiger charge is 2.22. The molecule has 9 heteroatoms. The van der Waals surface area contributed by atoms with Crippen LogP contribution in [0.3, 0.4) is 0 Å². The summed E-state index contributed by atoms with van der Waals surface area (Å²) in [7, 11) is -4.75. The van der Waals surface area contributed by atoms with Crippen LogP contribution in [0, 0.1) is 0 Å². The minimum atomic E-state index is -4.75. The fourth-order valence-corrected chi connectivity index (χ4v) is 6.14. The van der Waals surface area contributed by atoms with Crippen molar-refractivity contribution in [3.05, 3.63) is 12.2 Å². The molecule has 0 amide bonds. The molecule has 0 bridgehead atoms. The van der Waals surface area contributed by atoms with Crippen molar-refractivity contribution in [1.82, 2.24) is 0 Å². The summed E-state index contributed by atoms with van der Waals surface area (Å²) >= 11 is 0. The second-order valence-corrected chi connectivity index (χ2v) is 14.9. The largest absolute Gasteiger partial charge is 0.469 e. The van der Waals surface area contributed by atoms with E-state index >= 15 is 0 Å². The van der Waals surface area contributed by atoms with Crippen molar-refractivity contribution < 1.29 is 37.9 Å². The zero-order valence-corrected chi connectivity index (χ0v) is 32.0. The third kappa shape index (κ3) is 37.6. The molecule has 0 aliphatic rings. The van der Waals surface area contributed by atoms with Gasteiger partial charge in [0.15, 0.2) is 6.10 Å². The second kappa shape index (κ2) is 35.6. The molecule has 8 nitrogen and oxygen atoms in total. The number of allylic oxidation sites excluding steroid dienone is 2. The quantitative estimate of drug-likeness (QED) is 0.0284. The summed E-state index contributed by atoms with van der Waals surface area (Å²) < 4.78 is 26.3. The first-order valence-electron chi connectivity index (χ1n) is 20.0. The van der Waals surface area contributed by atoms with E-state index in [9.17, 15) is 14.2 Å². The number of phosphoric ester groups is 1. The van der Waals surface area contributed by atoms with Gasteiger partial charge in [-0.1, -0.05) is 167 Å². The van der Waals surface area contributed by atoms with Crippen LogP contribution in [0.5, 0.6) is 0 Å². The molecule has 0 rings (SSSR count). The van der Waals surface area contributed by atoms with Crippen molar-refractivity contribution in [3.8, 4) is 0 Å². The standard InChI is InChI=1S/C39H75O8P/c1-3-5-7-9-11-13-15-17-19-20-22-24-26-28-30-32-34-39(41)47-37(36-46-48(42,43)44)35-45-38(40)33-31-29-27-25-23-21-18-16-14-12-10-8-6-4-2/h16,18,37H,3-15,17,19-36H2,1-2H3,(H2,42,43,44)/b18-16-/t37-/m1/s1. The van der Waals surface area contributed by atoms with Crippen molar-refractivity contribution in [2.45, 2.75) is 213 Å². The van der Waals surface area contributed by atoms with Gasteiger partial charge in [0.25, 0.3) is 0 Å². The van der Waals surface area contributed by atoms with Crippen molar-refractivity contribution in [2.75, 3.05) is 13.2 Å². The lowest BCUT2D eigenvalue weighted by Crippen LogP contribution is -2.29. The Bertz CT molecular complexity index is 797. The Hall–Kier alpha value is -1.21. The summed E-state index contributed by atoms with van der Waals surface area (Å²) in [5.41, 5.74) is 0. The van der Waals surface area contributed by atoms with Gasteiger partial charge in [-0.15, -0.1) is 0 Å². The van der Waals surface area contributed by atoms with Crippen LogP contribution in [0.25, 0.3) is 0 Å². The van der Waals surface area contributed by atoms with Crippen LogP contribution in [0.2, 0.25) is 0 Å². The van der Waals surface area contributed by atoms with Gasteiger partial charge in [0.05, 0.1) is 6.61 Å². The van der Waals surface area contributed by atoms with E-state index in [-0.39, 0.29) is 19.4 Å². The molecular formula is C39H75O8P. The van der Waals surface area contributed by atoms with Crippen LogP contribution < -0.4 is 0 Å². The summed E-state index contributed by atoms with van der Waals surface area (Å²) in [4.78, 5) is 42.7. The number of unbranched alkanes of at least 4 members (excludes halogenated alkanes) is 25. The molecule has 0 unspecified atom stereocenters. The van der Waals surface area contributed by atoms with Gasteiger partial charge < -0.3 is 19.3 Å². The molecule has 0 fully saturated rings. The van der Waals surface area contributed by atoms with Crippen LogP contribution >= 0.6 is 7.82 Å². The van der Waals surface area contributed by atoms with E-state index in [1.807, 2.05) is 0 Å². The highest BCUT2D eigenvalue weighted by molar-refractivity contribution is 7.46. The normalized spacial score (nSPS) is 12.5. The van der Waals surface area contributed by atoms with Gasteiger partial charge in [0.2, 0.25) is 0 Å². The van der Waals surface area contributed by atoms with Gasteiger partial charge in [-0.25, -0.2) is 4.57 Å². The Labute approximate surface area is 295 Å². The molecule has 0 saturated heterocycles. The number of esters is 2. The van der Waals surface area contributed by atoms with Crippen LogP contribution in [0.1, 0.15) is 206 Å². The average molecular weight is 703 g/mol. The lowest BCUT2D eigenvalue weighted by atomic mass is 10.0. The average Bonchev–Trinajstić information content (AvgIpc) is 3.05. The maximum absolute atomic E-state index is 12.4. The molecule has 284 valence electrons. The summed E-state index contributed by atoms with van der Waals surface area (Å²) in [6, 6.07) is 0. The van der Waals surface area contributed by atoms with E-state index in [4.69, 9.17) is 19.3 Å². The number of phosphoric acid groups is 1. The van der Waals surface area contributed by atoms with Crippen molar-refractivity contribution in [3.63, 3.8) is 0 Å². The van der Waals surface area contributed by atoms with Crippen LogP contribution in [0.4, 0.5) is 0 Å². The summed E-state index contributed by atoms with van der Waals surface area (Å²) in [6.07, 6.45) is 37.9. The Morgan fingerprint density at radius 1 is 0.521 bits per heavy atom. The molecule has 0 spiro atoms. The smallest absolute Gasteiger partial charge is 0.462 e. The number of ether oxygens (including phenoxy) is 2. The molecule has 0 aromatic heterocycles. The Morgan fingerprint density at radius 2 is 0.875 bits per heavy atom. The molecule has 0 aliphatic heterocycles. The van der Waals surface area contributed by atoms with Crippen LogP contribution in [-0.4, -0.2) is 41.0 Å². The Morgan fingerprint density at radius 3 is 1.27 bits per heavy atom. The summed E-state index contributed by atoms with van der Waals surface area (Å²) in [6.45, 7) is 3.68. The number of rotatable bonds is 37. The zero-order chi connectivity index (χ0) is 35.4. The van der Waals surface area contributed by atoms with Gasteiger partial charge in [-0.3, -0.25) is 14.1 Å². The lowest BCUT2D eigenvalue weighted by molar-refractivity contribution is -0.161. The number of carbonyl (C=O) groups is 2. The summed E-state index contributed by atoms with van der Waals surface area (Å²) in [5.74, 6) is -0.885. The van der Waals surface area contributed by atoms with Gasteiger partial charge >= 0.3 is 19.8 Å². The van der Waals surface area contributed by atoms with E-state index in [1.165, 1.54) is 116 Å². The third-order valence-corrected chi connectivity index (χ3v) is 9.27. The number of hydrogen-bond donors (Lipinski definition) is 2. The molecule has 0 radical (unpaired) electrons. The molecular weight excluding hydrogens is 627 g/mol. The molecule has 2 N–H and O–H groups in total. The molecule has 0 aliphatic carbocycles. The first-order chi connectivity index (χ1) is 23.3. The number of hydrogen-bond acceptors (Lipinski definition) is 6. The first kappa shape index (κ1) is 46.8. The zero-order valence-electron chi connectivity index (χ0n) is 31.2. The SMILES string of the molecule is CCCCCCC/C=C\CCCCCCCC(=O)OC[C@H](COP(=O)(O)O)OC(=O)CCCCCCCCCCCCCCCCCC. The maximum Gasteiger partial charge on any atom is 0.469 e. The van der Waals surface area contributed by atoms with E-state index in [0.29, 0.717) is 6.42 Å². The third-order valence-electron chi connectivity index (χ3n) is 8.78. The highest BCUT2D eigenvalue weighted by atomic mass is 31.2. The topological polar surface area (TPSA) is 119 Å². The summed E-state index contributed by atoms with van der Waals surface area (Å²) in [5, 5.41) is 0. The molecule has 0 heterocycles. The predicted molar refractivity (Wildman–Crippen MR) is 198 cm³/mol. The van der Waals surface area contributed by atoms with Crippen LogP contribution in [-0.2, 0) is 28.2 Å². The van der Waals surface area contributed by atoms with Gasteiger partial charge in [0, 0.05) is 12.8 Å². The Kier molecular flexibility index (Phi) is 34.7. The minimum Gasteiger partial charge on any atom is -0.462 e. The monoisotopic (exact) mass is 703 g/mol. The van der Waals surface area contributed by atoms with Gasteiger partial charge in [0.1, 0.15) is 6.61 Å². The minimum absolute atomic E-state index is 0.216. The lowest BCUT2D eigenvalue weighted by Gasteiger charge is -2.18. The predicted octanol–water partition coefficient (Wildman–Crippen LogP) is 11.8. The van der Waals surface area contributed by atoms with Gasteiger partial charge in [-0.05, 0) is 38.5 Å². The number of carbonyl (C=O) groups excluding carboxylic acids is 2. The Balaban J connectivity index is 3.92. The molecule has 0 saturated carbocycles. The first-order valence-corrected chi connectivity index (χ1v) is 21.5. The molecule has 0 aromatic rings. The van der Waals surface area contributed by atoms with E-state index in [0.717, 1.165) is 57.8 Å². The van der Waals surface area contributed by atoms with Crippen molar-refractivity contribution in [1.29, 1.82) is 0 Å². The molecule has 0 aromatic carbocycles. The van der Waals surface area contributed by atoms with E-state index in [2.05, 4.69) is 30.5 Å². The van der Waals surface area contributed by atoms with Crippen molar-refractivity contribution >= 4 is 19.8 Å². The van der Waals surface area contributed by atoms with E-state index in [1.54, 1.807) is 0 Å². The molecule has 1 atom stereocenters.